The molecule has 0 atom stereocenters. The summed E-state index contributed by atoms with van der Waals surface area (Å²) in [6, 6.07) is 5.52. The van der Waals surface area contributed by atoms with Crippen molar-refractivity contribution in [2.75, 3.05) is 5.73 Å². The summed E-state index contributed by atoms with van der Waals surface area (Å²) in [6.45, 7) is 0. The zero-order valence-corrected chi connectivity index (χ0v) is 8.14. The largest absolute Gasteiger partial charge is 0.398 e. The molecule has 13 heavy (non-hydrogen) atoms. The lowest BCUT2D eigenvalue weighted by molar-refractivity contribution is 0.789. The van der Waals surface area contributed by atoms with Crippen LogP contribution < -0.4 is 5.73 Å². The molecule has 0 bridgehead atoms. The van der Waals surface area contributed by atoms with Crippen molar-refractivity contribution in [1.82, 2.24) is 20.2 Å². The average Bonchev–Trinajstić information content (AvgIpc) is 2.62. The summed E-state index contributed by atoms with van der Waals surface area (Å²) < 4.78 is 2.41. The fourth-order valence-corrected chi connectivity index (χ4v) is 1.20. The fourth-order valence-electron chi connectivity index (χ4n) is 0.953. The Bertz CT molecular complexity index is 411. The third kappa shape index (κ3) is 1.52. The maximum absolute atomic E-state index is 5.70. The molecule has 0 amide bonds. The van der Waals surface area contributed by atoms with Crippen molar-refractivity contribution in [2.45, 2.75) is 0 Å². The Kier molecular flexibility index (Phi) is 1.97. The second kappa shape index (κ2) is 3.14. The molecule has 0 aliphatic heterocycles. The maximum atomic E-state index is 5.70. The highest BCUT2D eigenvalue weighted by Gasteiger charge is 2.00. The molecule has 0 saturated carbocycles. The van der Waals surface area contributed by atoms with Crippen LogP contribution in [0.5, 0.6) is 0 Å². The Morgan fingerprint density at radius 2 is 2.23 bits per heavy atom. The molecule has 0 unspecified atom stereocenters. The van der Waals surface area contributed by atoms with Crippen LogP contribution in [0, 0.1) is 0 Å². The van der Waals surface area contributed by atoms with Crippen molar-refractivity contribution in [1.29, 1.82) is 0 Å². The lowest BCUT2D eigenvalue weighted by atomic mass is 10.3. The molecule has 1 aromatic heterocycles. The lowest BCUT2D eigenvalue weighted by Gasteiger charge is -2.01. The van der Waals surface area contributed by atoms with E-state index in [2.05, 4.69) is 31.5 Å². The van der Waals surface area contributed by atoms with Crippen LogP contribution in [-0.4, -0.2) is 20.2 Å². The first-order chi connectivity index (χ1) is 6.27. The molecule has 0 spiro atoms. The second-order valence-corrected chi connectivity index (χ2v) is 3.31. The monoisotopic (exact) mass is 239 g/mol. The van der Waals surface area contributed by atoms with Gasteiger partial charge in [0, 0.05) is 10.2 Å². The van der Waals surface area contributed by atoms with Crippen LogP contribution in [0.4, 0.5) is 5.69 Å². The molecule has 0 saturated heterocycles. The van der Waals surface area contributed by atoms with Gasteiger partial charge in [-0.2, -0.15) is 0 Å². The van der Waals surface area contributed by atoms with Gasteiger partial charge in [0.25, 0.3) is 0 Å². The highest BCUT2D eigenvalue weighted by atomic mass is 79.9. The van der Waals surface area contributed by atoms with E-state index in [-0.39, 0.29) is 0 Å². The number of tetrazole rings is 1. The molecule has 0 aliphatic carbocycles. The molecule has 2 N–H and O–H groups in total. The molecule has 1 heterocycles. The Hall–Kier alpha value is -1.43. The molecule has 66 valence electrons. The second-order valence-electron chi connectivity index (χ2n) is 2.46. The predicted molar refractivity (Wildman–Crippen MR) is 51.3 cm³/mol. The van der Waals surface area contributed by atoms with E-state index in [0.717, 1.165) is 10.2 Å². The molecule has 0 radical (unpaired) electrons. The number of rotatable bonds is 1. The van der Waals surface area contributed by atoms with Gasteiger partial charge in [0.15, 0.2) is 0 Å². The molecule has 6 heteroatoms. The summed E-state index contributed by atoms with van der Waals surface area (Å²) in [7, 11) is 0. The first kappa shape index (κ1) is 8.18. The minimum atomic E-state index is 0.660. The molecule has 5 nitrogen and oxygen atoms in total. The van der Waals surface area contributed by atoms with E-state index in [1.807, 2.05) is 12.1 Å². The summed E-state index contributed by atoms with van der Waals surface area (Å²) >= 11 is 3.31. The highest BCUT2D eigenvalue weighted by Crippen LogP contribution is 2.21. The van der Waals surface area contributed by atoms with Gasteiger partial charge in [-0.3, -0.25) is 0 Å². The minimum Gasteiger partial charge on any atom is -0.398 e. The lowest BCUT2D eigenvalue weighted by Crippen LogP contribution is -1.96. The third-order valence-corrected chi connectivity index (χ3v) is 2.32. The zero-order valence-electron chi connectivity index (χ0n) is 6.55. The summed E-state index contributed by atoms with van der Waals surface area (Å²) in [5, 5.41) is 10.8. The SMILES string of the molecule is Nc1cc(-n2cnnn2)ccc1Br. The standard InChI is InChI=1S/C7H6BrN5/c8-6-2-1-5(3-7(6)9)13-4-10-11-12-13/h1-4H,9H2. The van der Waals surface area contributed by atoms with Gasteiger partial charge in [-0.15, -0.1) is 5.10 Å². The third-order valence-electron chi connectivity index (χ3n) is 1.59. The molecule has 0 fully saturated rings. The molecule has 0 aliphatic rings. The first-order valence-electron chi connectivity index (χ1n) is 3.56. The summed E-state index contributed by atoms with van der Waals surface area (Å²) in [4.78, 5) is 0. The predicted octanol–water partition coefficient (Wildman–Crippen LogP) is 1.01. The topological polar surface area (TPSA) is 69.6 Å². The van der Waals surface area contributed by atoms with Crippen LogP contribution in [0.25, 0.3) is 5.69 Å². The Morgan fingerprint density at radius 1 is 1.38 bits per heavy atom. The number of nitrogens with zero attached hydrogens (tertiary/aromatic N) is 4. The molecule has 2 rings (SSSR count). The number of hydrogen-bond acceptors (Lipinski definition) is 4. The number of anilines is 1. The van der Waals surface area contributed by atoms with Crippen LogP contribution in [0.15, 0.2) is 29.0 Å². The number of aromatic nitrogens is 4. The van der Waals surface area contributed by atoms with Crippen molar-refractivity contribution in [3.05, 3.63) is 29.0 Å². The Morgan fingerprint density at radius 3 is 2.85 bits per heavy atom. The van der Waals surface area contributed by atoms with Gasteiger partial charge in [-0.05, 0) is 44.6 Å². The first-order valence-corrected chi connectivity index (χ1v) is 4.35. The van der Waals surface area contributed by atoms with Crippen LogP contribution >= 0.6 is 15.9 Å². The highest BCUT2D eigenvalue weighted by molar-refractivity contribution is 9.10. The van der Waals surface area contributed by atoms with Gasteiger partial charge in [0.2, 0.25) is 0 Å². The van der Waals surface area contributed by atoms with Crippen LogP contribution in [-0.2, 0) is 0 Å². The number of hydrogen-bond donors (Lipinski definition) is 1. The van der Waals surface area contributed by atoms with Crippen LogP contribution in [0.3, 0.4) is 0 Å². The van der Waals surface area contributed by atoms with E-state index in [1.165, 1.54) is 6.33 Å². The molecule has 1 aromatic carbocycles. The average molecular weight is 240 g/mol. The van der Waals surface area contributed by atoms with Crippen LogP contribution in [0.2, 0.25) is 0 Å². The van der Waals surface area contributed by atoms with Crippen molar-refractivity contribution < 1.29 is 0 Å². The summed E-state index contributed by atoms with van der Waals surface area (Å²) in [5.41, 5.74) is 7.20. The Balaban J connectivity index is 2.49. The van der Waals surface area contributed by atoms with E-state index in [0.29, 0.717) is 5.69 Å². The van der Waals surface area contributed by atoms with Crippen molar-refractivity contribution in [3.63, 3.8) is 0 Å². The number of nitrogens with two attached hydrogens (primary N) is 1. The molecular weight excluding hydrogens is 234 g/mol. The van der Waals surface area contributed by atoms with E-state index < -0.39 is 0 Å². The number of halogens is 1. The quantitative estimate of drug-likeness (QED) is 0.755. The van der Waals surface area contributed by atoms with Crippen molar-refractivity contribution >= 4 is 21.6 Å². The molecular formula is C7H6BrN5. The smallest absolute Gasteiger partial charge is 0.143 e. The fraction of sp³-hybridized carbons (Fsp3) is 0. The van der Waals surface area contributed by atoms with Crippen molar-refractivity contribution in [2.24, 2.45) is 0 Å². The van der Waals surface area contributed by atoms with Gasteiger partial charge >= 0.3 is 0 Å². The van der Waals surface area contributed by atoms with Gasteiger partial charge in [-0.25, -0.2) is 4.68 Å². The van der Waals surface area contributed by atoms with E-state index >= 15 is 0 Å². The Labute approximate surface area is 82.7 Å². The molecule has 2 aromatic rings. The summed E-state index contributed by atoms with van der Waals surface area (Å²) in [5.74, 6) is 0. The zero-order chi connectivity index (χ0) is 9.26. The normalized spacial score (nSPS) is 10.2. The minimum absolute atomic E-state index is 0.660. The van der Waals surface area contributed by atoms with Gasteiger partial charge < -0.3 is 5.73 Å². The van der Waals surface area contributed by atoms with E-state index in [1.54, 1.807) is 10.7 Å². The van der Waals surface area contributed by atoms with Gasteiger partial charge in [-0.1, -0.05) is 0 Å². The van der Waals surface area contributed by atoms with Gasteiger partial charge in [0.05, 0.1) is 5.69 Å². The van der Waals surface area contributed by atoms with Crippen molar-refractivity contribution in [3.8, 4) is 5.69 Å². The number of nitrogen functional groups attached to an aromatic ring is 1. The van der Waals surface area contributed by atoms with E-state index in [9.17, 15) is 0 Å². The van der Waals surface area contributed by atoms with Gasteiger partial charge in [0.1, 0.15) is 6.33 Å². The maximum Gasteiger partial charge on any atom is 0.143 e. The number of benzene rings is 1. The summed E-state index contributed by atoms with van der Waals surface area (Å²) in [6.07, 6.45) is 1.52. The van der Waals surface area contributed by atoms with Crippen LogP contribution in [0.1, 0.15) is 0 Å². The van der Waals surface area contributed by atoms with E-state index in [4.69, 9.17) is 5.73 Å².